The summed E-state index contributed by atoms with van der Waals surface area (Å²) in [5, 5.41) is 9.43. The predicted octanol–water partition coefficient (Wildman–Crippen LogP) is 4.88. The van der Waals surface area contributed by atoms with E-state index in [1.165, 1.54) is 30.5 Å². The highest BCUT2D eigenvalue weighted by molar-refractivity contribution is 6.32. The van der Waals surface area contributed by atoms with E-state index in [1.807, 2.05) is 18.2 Å². The molecule has 1 aliphatic rings. The molecule has 1 aliphatic carbocycles. The van der Waals surface area contributed by atoms with Crippen molar-refractivity contribution in [1.29, 1.82) is 0 Å². The van der Waals surface area contributed by atoms with Gasteiger partial charge in [-0.2, -0.15) is 0 Å². The second-order valence-electron chi connectivity index (χ2n) is 5.64. The number of carboxylic acids is 1. The number of halogens is 1. The fourth-order valence-electron chi connectivity index (χ4n) is 2.23. The number of ether oxygens (including phenoxy) is 1. The largest absolute Gasteiger partial charge is 0.478 e. The van der Waals surface area contributed by atoms with Gasteiger partial charge in [0.15, 0.2) is 0 Å². The van der Waals surface area contributed by atoms with Crippen molar-refractivity contribution >= 4 is 17.6 Å². The van der Waals surface area contributed by atoms with Crippen LogP contribution in [0, 0.1) is 0 Å². The minimum absolute atomic E-state index is 0.227. The molecule has 21 heavy (non-hydrogen) atoms. The van der Waals surface area contributed by atoms with Gasteiger partial charge >= 0.3 is 5.97 Å². The SMILES string of the molecule is CC1(c2ccc(Oc3ccc(C(=O)O)cc3)c(Cl)c2)CC1. The molecule has 1 fully saturated rings. The maximum absolute atomic E-state index is 10.8. The summed E-state index contributed by atoms with van der Waals surface area (Å²) in [6.07, 6.45) is 2.39. The van der Waals surface area contributed by atoms with Crippen LogP contribution in [0.3, 0.4) is 0 Å². The zero-order valence-electron chi connectivity index (χ0n) is 11.6. The molecule has 1 N–H and O–H groups in total. The topological polar surface area (TPSA) is 46.5 Å². The summed E-state index contributed by atoms with van der Waals surface area (Å²) in [4.78, 5) is 10.8. The van der Waals surface area contributed by atoms with Crippen LogP contribution in [0.5, 0.6) is 11.5 Å². The van der Waals surface area contributed by atoms with Gasteiger partial charge in [0.1, 0.15) is 11.5 Å². The molecule has 3 nitrogen and oxygen atoms in total. The molecular formula is C17H15ClO3. The Bertz CT molecular complexity index is 688. The Hall–Kier alpha value is -2.00. The smallest absolute Gasteiger partial charge is 0.335 e. The van der Waals surface area contributed by atoms with Gasteiger partial charge in [0.25, 0.3) is 0 Å². The van der Waals surface area contributed by atoms with E-state index in [9.17, 15) is 4.79 Å². The Kier molecular flexibility index (Phi) is 3.38. The minimum atomic E-state index is -0.957. The molecule has 3 rings (SSSR count). The number of hydrogen-bond acceptors (Lipinski definition) is 2. The summed E-state index contributed by atoms with van der Waals surface area (Å²) in [7, 11) is 0. The van der Waals surface area contributed by atoms with Crippen LogP contribution in [-0.4, -0.2) is 11.1 Å². The molecule has 0 aromatic heterocycles. The van der Waals surface area contributed by atoms with Crippen molar-refractivity contribution in [1.82, 2.24) is 0 Å². The molecule has 0 radical (unpaired) electrons. The number of aromatic carboxylic acids is 1. The molecule has 108 valence electrons. The molecule has 0 unspecified atom stereocenters. The molecule has 0 aliphatic heterocycles. The fraction of sp³-hybridized carbons (Fsp3) is 0.235. The maximum atomic E-state index is 10.8. The fourth-order valence-corrected chi connectivity index (χ4v) is 2.45. The second kappa shape index (κ2) is 5.08. The van der Waals surface area contributed by atoms with E-state index in [0.29, 0.717) is 16.5 Å². The van der Waals surface area contributed by atoms with Gasteiger partial charge in [0, 0.05) is 0 Å². The second-order valence-corrected chi connectivity index (χ2v) is 6.04. The lowest BCUT2D eigenvalue weighted by Crippen LogP contribution is -1.99. The summed E-state index contributed by atoms with van der Waals surface area (Å²) in [6, 6.07) is 12.1. The van der Waals surface area contributed by atoms with Crippen LogP contribution in [0.25, 0.3) is 0 Å². The Morgan fingerprint density at radius 3 is 2.38 bits per heavy atom. The molecule has 0 heterocycles. The van der Waals surface area contributed by atoms with Crippen LogP contribution in [0.15, 0.2) is 42.5 Å². The zero-order valence-corrected chi connectivity index (χ0v) is 12.4. The van der Waals surface area contributed by atoms with Crippen molar-refractivity contribution in [3.8, 4) is 11.5 Å². The lowest BCUT2D eigenvalue weighted by atomic mass is 9.98. The third kappa shape index (κ3) is 2.88. The van der Waals surface area contributed by atoms with Crippen molar-refractivity contribution in [2.75, 3.05) is 0 Å². The average molecular weight is 303 g/mol. The van der Waals surface area contributed by atoms with Crippen LogP contribution in [-0.2, 0) is 5.41 Å². The summed E-state index contributed by atoms with van der Waals surface area (Å²) in [5.41, 5.74) is 1.73. The van der Waals surface area contributed by atoms with Crippen LogP contribution in [0.2, 0.25) is 5.02 Å². The first-order valence-corrected chi connectivity index (χ1v) is 7.17. The van der Waals surface area contributed by atoms with E-state index in [2.05, 4.69) is 6.92 Å². The van der Waals surface area contributed by atoms with Gasteiger partial charge in [-0.1, -0.05) is 24.6 Å². The van der Waals surface area contributed by atoms with Crippen molar-refractivity contribution < 1.29 is 14.6 Å². The molecular weight excluding hydrogens is 288 g/mol. The van der Waals surface area contributed by atoms with E-state index < -0.39 is 5.97 Å². The predicted molar refractivity (Wildman–Crippen MR) is 81.5 cm³/mol. The van der Waals surface area contributed by atoms with Crippen LogP contribution in [0.4, 0.5) is 0 Å². The van der Waals surface area contributed by atoms with E-state index >= 15 is 0 Å². The molecule has 0 spiro atoms. The summed E-state index contributed by atoms with van der Waals surface area (Å²) >= 11 is 6.28. The standard InChI is InChI=1S/C17H15ClO3/c1-17(8-9-17)12-4-7-15(14(18)10-12)21-13-5-2-11(3-6-13)16(19)20/h2-7,10H,8-9H2,1H3,(H,19,20). The Balaban J connectivity index is 1.79. The monoisotopic (exact) mass is 302 g/mol. The normalized spacial score (nSPS) is 15.5. The summed E-state index contributed by atoms with van der Waals surface area (Å²) < 4.78 is 5.71. The average Bonchev–Trinajstić information content (AvgIpc) is 3.21. The zero-order chi connectivity index (χ0) is 15.0. The van der Waals surface area contributed by atoms with Gasteiger partial charge in [-0.15, -0.1) is 0 Å². The summed E-state index contributed by atoms with van der Waals surface area (Å²) in [6.45, 7) is 2.23. The first-order chi connectivity index (χ1) is 9.98. The molecule has 4 heteroatoms. The number of rotatable bonds is 4. The Labute approximate surface area is 128 Å². The number of benzene rings is 2. The van der Waals surface area contributed by atoms with Gasteiger partial charge in [-0.3, -0.25) is 0 Å². The molecule has 2 aromatic carbocycles. The Morgan fingerprint density at radius 1 is 1.19 bits per heavy atom. The highest BCUT2D eigenvalue weighted by Crippen LogP contribution is 2.49. The van der Waals surface area contributed by atoms with Gasteiger partial charge in [-0.25, -0.2) is 4.79 Å². The third-order valence-corrected chi connectivity index (χ3v) is 4.25. The number of carbonyl (C=O) groups is 1. The van der Waals surface area contributed by atoms with Crippen molar-refractivity contribution in [2.24, 2.45) is 0 Å². The van der Waals surface area contributed by atoms with Crippen molar-refractivity contribution in [3.63, 3.8) is 0 Å². The third-order valence-electron chi connectivity index (χ3n) is 3.96. The van der Waals surface area contributed by atoms with Gasteiger partial charge in [0.05, 0.1) is 10.6 Å². The maximum Gasteiger partial charge on any atom is 0.335 e. The van der Waals surface area contributed by atoms with Crippen LogP contribution < -0.4 is 4.74 Å². The minimum Gasteiger partial charge on any atom is -0.478 e. The lowest BCUT2D eigenvalue weighted by Gasteiger charge is -2.12. The lowest BCUT2D eigenvalue weighted by molar-refractivity contribution is 0.0697. The number of carboxylic acid groups (broad SMARTS) is 1. The molecule has 2 aromatic rings. The van der Waals surface area contributed by atoms with Crippen LogP contribution >= 0.6 is 11.6 Å². The van der Waals surface area contributed by atoms with Gasteiger partial charge in [0.2, 0.25) is 0 Å². The first-order valence-electron chi connectivity index (χ1n) is 6.79. The molecule has 0 amide bonds. The highest BCUT2D eigenvalue weighted by Gasteiger charge is 2.39. The van der Waals surface area contributed by atoms with E-state index in [4.69, 9.17) is 21.4 Å². The van der Waals surface area contributed by atoms with E-state index in [-0.39, 0.29) is 11.0 Å². The summed E-state index contributed by atoms with van der Waals surface area (Å²) in [5.74, 6) is 0.182. The van der Waals surface area contributed by atoms with Crippen molar-refractivity contribution in [3.05, 3.63) is 58.6 Å². The first kappa shape index (κ1) is 14.0. The molecule has 0 saturated heterocycles. The van der Waals surface area contributed by atoms with E-state index in [1.54, 1.807) is 12.1 Å². The molecule has 0 bridgehead atoms. The number of hydrogen-bond donors (Lipinski definition) is 1. The quantitative estimate of drug-likeness (QED) is 0.875. The molecule has 1 saturated carbocycles. The van der Waals surface area contributed by atoms with Crippen LogP contribution in [0.1, 0.15) is 35.7 Å². The molecule has 0 atom stereocenters. The van der Waals surface area contributed by atoms with Gasteiger partial charge < -0.3 is 9.84 Å². The highest BCUT2D eigenvalue weighted by atomic mass is 35.5. The van der Waals surface area contributed by atoms with E-state index in [0.717, 1.165) is 0 Å². The van der Waals surface area contributed by atoms with Crippen molar-refractivity contribution in [2.45, 2.75) is 25.2 Å². The van der Waals surface area contributed by atoms with Gasteiger partial charge in [-0.05, 0) is 60.2 Å². The Morgan fingerprint density at radius 2 is 1.86 bits per heavy atom.